The lowest BCUT2D eigenvalue weighted by Gasteiger charge is -2.33. The van der Waals surface area contributed by atoms with Crippen LogP contribution >= 0.6 is 0 Å². The van der Waals surface area contributed by atoms with Crippen LogP contribution in [0.5, 0.6) is 0 Å². The first-order valence-corrected chi connectivity index (χ1v) is 12.5. The predicted octanol–water partition coefficient (Wildman–Crippen LogP) is 3.93. The van der Waals surface area contributed by atoms with Gasteiger partial charge < -0.3 is 0 Å². The molecule has 2 aliphatic rings. The summed E-state index contributed by atoms with van der Waals surface area (Å²) in [5, 5.41) is 0. The molecule has 1 aromatic carbocycles. The summed E-state index contributed by atoms with van der Waals surface area (Å²) in [6.45, 7) is 5.09. The number of sulfonamides is 1. The largest absolute Gasteiger partial charge is 0.240 e. The average molecular weight is 411 g/mol. The molecule has 1 aromatic rings. The molecule has 0 aromatic heterocycles. The summed E-state index contributed by atoms with van der Waals surface area (Å²) >= 11 is 0. The fourth-order valence-corrected chi connectivity index (χ4v) is 7.30. The first-order chi connectivity index (χ1) is 12.6. The first-order valence-electron chi connectivity index (χ1n) is 9.54. The number of nitrogens with zero attached hydrogens (tertiary/aromatic N) is 1. The van der Waals surface area contributed by atoms with E-state index in [1.807, 2.05) is 36.4 Å². The van der Waals surface area contributed by atoms with Crippen molar-refractivity contribution < 1.29 is 12.6 Å². The number of nitrogens with one attached hydrogen (secondary N) is 1. The summed E-state index contributed by atoms with van der Waals surface area (Å²) in [7, 11) is -4.62. The average Bonchev–Trinajstić information content (AvgIpc) is 2.99. The zero-order valence-corrected chi connectivity index (χ0v) is 18.1. The smallest absolute Gasteiger partial charge is 0.217 e. The van der Waals surface area contributed by atoms with E-state index in [0.717, 1.165) is 30.6 Å². The maximum atomic E-state index is 13.9. The topological polar surface area (TPSA) is 75.6 Å². The molecule has 150 valence electrons. The van der Waals surface area contributed by atoms with Crippen molar-refractivity contribution in [1.82, 2.24) is 4.72 Å². The molecule has 0 amide bonds. The van der Waals surface area contributed by atoms with E-state index in [-0.39, 0.29) is 17.9 Å². The van der Waals surface area contributed by atoms with Crippen molar-refractivity contribution in [3.8, 4) is 0 Å². The Bertz CT molecular complexity index is 937. The van der Waals surface area contributed by atoms with Gasteiger partial charge in [0.05, 0.1) is 19.4 Å². The molecule has 0 heterocycles. The fraction of sp³-hybridized carbons (Fsp3) is 0.600. The normalized spacial score (nSPS) is 28.1. The fourth-order valence-electron chi connectivity index (χ4n) is 4.09. The van der Waals surface area contributed by atoms with Gasteiger partial charge in [0, 0.05) is 18.0 Å². The van der Waals surface area contributed by atoms with Crippen molar-refractivity contribution in [2.24, 2.45) is 16.2 Å². The highest BCUT2D eigenvalue weighted by atomic mass is 32.2. The number of benzene rings is 1. The van der Waals surface area contributed by atoms with Crippen molar-refractivity contribution in [3.05, 3.63) is 41.3 Å². The van der Waals surface area contributed by atoms with Crippen molar-refractivity contribution in [2.75, 3.05) is 7.05 Å². The Hall–Kier alpha value is -1.18. The van der Waals surface area contributed by atoms with Crippen LogP contribution in [0.15, 0.2) is 50.6 Å². The zero-order valence-electron chi connectivity index (χ0n) is 16.5. The molecule has 7 heteroatoms. The lowest BCUT2D eigenvalue weighted by molar-refractivity contribution is 0.270. The number of rotatable bonds is 4. The summed E-state index contributed by atoms with van der Waals surface area (Å²) < 4.78 is 45.7. The highest BCUT2D eigenvalue weighted by molar-refractivity contribution is 7.97. The second kappa shape index (κ2) is 7.33. The minimum Gasteiger partial charge on any atom is -0.240 e. The first kappa shape index (κ1) is 20.6. The molecule has 0 bridgehead atoms. The second-order valence-electron chi connectivity index (χ2n) is 8.40. The van der Waals surface area contributed by atoms with Gasteiger partial charge in [-0.25, -0.2) is 21.7 Å². The van der Waals surface area contributed by atoms with Gasteiger partial charge in [0.2, 0.25) is 10.0 Å². The third-order valence-electron chi connectivity index (χ3n) is 5.73. The highest BCUT2D eigenvalue weighted by Crippen LogP contribution is 2.47. The molecule has 1 saturated carbocycles. The molecular weight excluding hydrogens is 380 g/mol. The highest BCUT2D eigenvalue weighted by Gasteiger charge is 2.45. The van der Waals surface area contributed by atoms with E-state index in [2.05, 4.69) is 9.08 Å². The minimum absolute atomic E-state index is 0.114. The Morgan fingerprint density at radius 3 is 2.26 bits per heavy atom. The number of hydrogen-bond donors (Lipinski definition) is 1. The summed E-state index contributed by atoms with van der Waals surface area (Å²) in [4.78, 5) is 1.50. The van der Waals surface area contributed by atoms with E-state index in [0.29, 0.717) is 4.90 Å². The Morgan fingerprint density at radius 2 is 1.67 bits per heavy atom. The summed E-state index contributed by atoms with van der Waals surface area (Å²) in [5.41, 5.74) is 0. The van der Waals surface area contributed by atoms with Crippen LogP contribution in [0.4, 0.5) is 0 Å². The van der Waals surface area contributed by atoms with E-state index in [9.17, 15) is 12.6 Å². The van der Waals surface area contributed by atoms with Gasteiger partial charge >= 0.3 is 0 Å². The van der Waals surface area contributed by atoms with Gasteiger partial charge in [-0.3, -0.25) is 0 Å². The zero-order chi connectivity index (χ0) is 19.9. The van der Waals surface area contributed by atoms with Crippen molar-refractivity contribution in [1.29, 1.82) is 0 Å². The van der Waals surface area contributed by atoms with Crippen LogP contribution in [0, 0.1) is 11.8 Å². The molecule has 27 heavy (non-hydrogen) atoms. The van der Waals surface area contributed by atoms with Crippen molar-refractivity contribution >= 4 is 19.8 Å². The minimum atomic E-state index is -3.49. The molecule has 0 radical (unpaired) electrons. The van der Waals surface area contributed by atoms with Gasteiger partial charge in [-0.2, -0.15) is 0 Å². The lowest BCUT2D eigenvalue weighted by Crippen LogP contribution is -2.46. The molecule has 1 fully saturated rings. The van der Waals surface area contributed by atoms with Gasteiger partial charge in [0.15, 0.2) is 0 Å². The van der Waals surface area contributed by atoms with Crippen LogP contribution in [-0.4, -0.2) is 30.5 Å². The lowest BCUT2D eigenvalue weighted by atomic mass is 9.80. The van der Waals surface area contributed by atoms with Gasteiger partial charge in [0.1, 0.15) is 0 Å². The molecule has 0 saturated heterocycles. The molecule has 3 rings (SSSR count). The Morgan fingerprint density at radius 1 is 1.04 bits per heavy atom. The van der Waals surface area contributed by atoms with Crippen LogP contribution in [0.1, 0.15) is 46.5 Å². The molecule has 2 aliphatic carbocycles. The molecule has 0 spiro atoms. The second-order valence-corrected chi connectivity index (χ2v) is 13.2. The number of allylic oxidation sites excluding steroid dienone is 1. The number of hydrogen-bond acceptors (Lipinski definition) is 4. The van der Waals surface area contributed by atoms with Crippen molar-refractivity contribution in [3.63, 3.8) is 0 Å². The third kappa shape index (κ3) is 3.74. The van der Waals surface area contributed by atoms with Gasteiger partial charge in [0.25, 0.3) is 0 Å². The SMILES string of the molecule is CN=S(=O)(C1=C[C@@H](NS(=O)(=O)C(C)(C)C)[C@@H]2CCCC[C@H]12)c1ccccc1. The molecule has 1 unspecified atom stereocenters. The van der Waals surface area contributed by atoms with E-state index >= 15 is 0 Å². The van der Waals surface area contributed by atoms with E-state index in [1.165, 1.54) is 0 Å². The Kier molecular flexibility index (Phi) is 5.58. The van der Waals surface area contributed by atoms with Crippen LogP contribution in [-0.2, 0) is 19.8 Å². The molecular formula is C20H30N2O3S2. The summed E-state index contributed by atoms with van der Waals surface area (Å²) in [6.07, 6.45) is 5.93. The van der Waals surface area contributed by atoms with Gasteiger partial charge in [-0.15, -0.1) is 0 Å². The van der Waals surface area contributed by atoms with Crippen LogP contribution < -0.4 is 4.72 Å². The van der Waals surface area contributed by atoms with Crippen molar-refractivity contribution in [2.45, 2.75) is 62.1 Å². The maximum Gasteiger partial charge on any atom is 0.217 e. The van der Waals surface area contributed by atoms with E-state index in [4.69, 9.17) is 0 Å². The summed E-state index contributed by atoms with van der Waals surface area (Å²) in [5.74, 6) is 0.264. The standard InChI is InChI=1S/C20H30N2O3S2/c1-20(2,3)27(24,25)22-18-14-19(17-13-9-8-12-16(17)18)26(23,21-4)15-10-6-5-7-11-15/h5-7,10-11,14,16-18,22H,8-9,12-13H2,1-4H3/t16-,17+,18-,26?/m1/s1. The van der Waals surface area contributed by atoms with E-state index < -0.39 is 24.5 Å². The molecule has 0 aliphatic heterocycles. The van der Waals surface area contributed by atoms with Gasteiger partial charge in [-0.05, 0) is 57.6 Å². The third-order valence-corrected chi connectivity index (χ3v) is 10.4. The maximum absolute atomic E-state index is 13.9. The monoisotopic (exact) mass is 410 g/mol. The van der Waals surface area contributed by atoms with Crippen LogP contribution in [0.25, 0.3) is 0 Å². The Labute approximate surface area is 163 Å². The quantitative estimate of drug-likeness (QED) is 0.817. The molecule has 5 nitrogen and oxygen atoms in total. The van der Waals surface area contributed by atoms with Gasteiger partial charge in [-0.1, -0.05) is 37.1 Å². The van der Waals surface area contributed by atoms with Crippen LogP contribution in [0.3, 0.4) is 0 Å². The molecule has 4 atom stereocenters. The number of fused-ring (bicyclic) bond motifs is 1. The predicted molar refractivity (Wildman–Crippen MR) is 110 cm³/mol. The van der Waals surface area contributed by atoms with E-state index in [1.54, 1.807) is 27.8 Å². The molecule has 1 N–H and O–H groups in total. The summed E-state index contributed by atoms with van der Waals surface area (Å²) in [6, 6.07) is 9.01. The van der Waals surface area contributed by atoms with Crippen LogP contribution in [0.2, 0.25) is 0 Å². The Balaban J connectivity index is 2.05.